The normalized spacial score (nSPS) is 18.2. The first-order valence-electron chi connectivity index (χ1n) is 7.06. The molecule has 1 heterocycles. The standard InChI is InChI=1S/C15H23ClN2O.2ClH/c1-3-11(2)15(18-8-6-17-7-9-18)12-4-5-14(19)13(16)10-12;;/h4-5,10-11,15,17,19H,3,6-9H2,1-2H3;2*1H/t11?,15-;;/m1../s1. The smallest absolute Gasteiger partial charge is 0.134 e. The van der Waals surface area contributed by atoms with Gasteiger partial charge in [-0.2, -0.15) is 0 Å². The molecule has 0 saturated carbocycles. The maximum absolute atomic E-state index is 9.58. The third-order valence-electron chi connectivity index (χ3n) is 4.04. The Hall–Kier alpha value is -0.190. The molecule has 0 aromatic heterocycles. The first kappa shape index (κ1) is 20.8. The van der Waals surface area contributed by atoms with Crippen molar-refractivity contribution in [3.8, 4) is 5.75 Å². The molecule has 2 atom stereocenters. The van der Waals surface area contributed by atoms with Crippen LogP contribution in [0.3, 0.4) is 0 Å². The van der Waals surface area contributed by atoms with Crippen LogP contribution in [0.25, 0.3) is 0 Å². The molecule has 122 valence electrons. The molecule has 0 aliphatic carbocycles. The second-order valence-corrected chi connectivity index (χ2v) is 5.73. The van der Waals surface area contributed by atoms with Crippen molar-refractivity contribution in [2.45, 2.75) is 26.3 Å². The van der Waals surface area contributed by atoms with E-state index in [2.05, 4.69) is 24.1 Å². The summed E-state index contributed by atoms with van der Waals surface area (Å²) >= 11 is 6.06. The second kappa shape index (κ2) is 9.75. The Bertz CT molecular complexity index is 425. The number of phenolic OH excluding ortho intramolecular Hbond substituents is 1. The first-order valence-corrected chi connectivity index (χ1v) is 7.44. The fourth-order valence-corrected chi connectivity index (χ4v) is 2.98. The number of nitrogens with zero attached hydrogens (tertiary/aromatic N) is 1. The lowest BCUT2D eigenvalue weighted by atomic mass is 9.90. The van der Waals surface area contributed by atoms with Gasteiger partial charge in [-0.25, -0.2) is 0 Å². The third-order valence-corrected chi connectivity index (χ3v) is 4.34. The van der Waals surface area contributed by atoms with Crippen LogP contribution in [0.1, 0.15) is 31.9 Å². The van der Waals surface area contributed by atoms with Gasteiger partial charge in [0.1, 0.15) is 5.75 Å². The lowest BCUT2D eigenvalue weighted by molar-refractivity contribution is 0.128. The molecule has 6 heteroatoms. The minimum absolute atomic E-state index is 0. The summed E-state index contributed by atoms with van der Waals surface area (Å²) in [6, 6.07) is 6.00. The minimum atomic E-state index is 0. The largest absolute Gasteiger partial charge is 0.506 e. The minimum Gasteiger partial charge on any atom is -0.506 e. The molecule has 0 bridgehead atoms. The predicted molar refractivity (Wildman–Crippen MR) is 94.3 cm³/mol. The lowest BCUT2D eigenvalue weighted by Gasteiger charge is -2.38. The van der Waals surface area contributed by atoms with Crippen LogP contribution in [-0.2, 0) is 0 Å². The average Bonchev–Trinajstić information content (AvgIpc) is 2.44. The summed E-state index contributed by atoms with van der Waals surface area (Å²) in [5.41, 5.74) is 1.21. The molecular weight excluding hydrogens is 331 g/mol. The van der Waals surface area contributed by atoms with Crippen molar-refractivity contribution in [1.29, 1.82) is 0 Å². The van der Waals surface area contributed by atoms with Gasteiger partial charge < -0.3 is 10.4 Å². The number of halogens is 3. The summed E-state index contributed by atoms with van der Waals surface area (Å²) in [7, 11) is 0. The topological polar surface area (TPSA) is 35.5 Å². The van der Waals surface area contributed by atoms with Crippen molar-refractivity contribution in [3.63, 3.8) is 0 Å². The summed E-state index contributed by atoms with van der Waals surface area (Å²) in [6.45, 7) is 8.72. The molecular formula is C15H25Cl3N2O. The van der Waals surface area contributed by atoms with Gasteiger partial charge in [0.15, 0.2) is 0 Å². The zero-order chi connectivity index (χ0) is 13.8. The Morgan fingerprint density at radius 2 is 1.90 bits per heavy atom. The van der Waals surface area contributed by atoms with E-state index >= 15 is 0 Å². The maximum Gasteiger partial charge on any atom is 0.134 e. The van der Waals surface area contributed by atoms with Gasteiger partial charge in [0, 0.05) is 32.2 Å². The molecule has 1 unspecified atom stereocenters. The lowest BCUT2D eigenvalue weighted by Crippen LogP contribution is -2.46. The highest BCUT2D eigenvalue weighted by atomic mass is 35.5. The van der Waals surface area contributed by atoms with Gasteiger partial charge in [-0.1, -0.05) is 37.9 Å². The molecule has 0 radical (unpaired) electrons. The van der Waals surface area contributed by atoms with Crippen LogP contribution in [0.15, 0.2) is 18.2 Å². The fourth-order valence-electron chi connectivity index (χ4n) is 2.79. The summed E-state index contributed by atoms with van der Waals surface area (Å²) in [5.74, 6) is 0.729. The van der Waals surface area contributed by atoms with Gasteiger partial charge >= 0.3 is 0 Å². The SMILES string of the molecule is CCC(C)[C@H](c1ccc(O)c(Cl)c1)N1CCNCC1.Cl.Cl. The van der Waals surface area contributed by atoms with Crippen LogP contribution in [0, 0.1) is 5.92 Å². The van der Waals surface area contributed by atoms with Crippen molar-refractivity contribution < 1.29 is 5.11 Å². The molecule has 0 amide bonds. The molecule has 1 aromatic rings. The van der Waals surface area contributed by atoms with E-state index in [-0.39, 0.29) is 30.6 Å². The van der Waals surface area contributed by atoms with Gasteiger partial charge in [-0.05, 0) is 23.6 Å². The van der Waals surface area contributed by atoms with Gasteiger partial charge in [0.2, 0.25) is 0 Å². The molecule has 1 aliphatic heterocycles. The van der Waals surface area contributed by atoms with Crippen LogP contribution < -0.4 is 5.32 Å². The first-order chi connectivity index (χ1) is 9.13. The van der Waals surface area contributed by atoms with Crippen LogP contribution in [0.2, 0.25) is 5.02 Å². The number of hydrogen-bond acceptors (Lipinski definition) is 3. The number of aromatic hydroxyl groups is 1. The molecule has 1 aliphatic rings. The Morgan fingerprint density at radius 3 is 2.43 bits per heavy atom. The number of hydrogen-bond donors (Lipinski definition) is 2. The van der Waals surface area contributed by atoms with Crippen molar-refractivity contribution in [3.05, 3.63) is 28.8 Å². The fraction of sp³-hybridized carbons (Fsp3) is 0.600. The molecule has 2 N–H and O–H groups in total. The molecule has 3 nitrogen and oxygen atoms in total. The summed E-state index contributed by atoms with van der Waals surface area (Å²) in [4.78, 5) is 2.52. The van der Waals surface area contributed by atoms with Crippen LogP contribution in [0.5, 0.6) is 5.75 Å². The zero-order valence-electron chi connectivity index (χ0n) is 12.5. The monoisotopic (exact) mass is 354 g/mol. The number of piperazine rings is 1. The summed E-state index contributed by atoms with van der Waals surface area (Å²) in [5, 5.41) is 13.4. The van der Waals surface area contributed by atoms with E-state index in [1.807, 2.05) is 12.1 Å². The summed E-state index contributed by atoms with van der Waals surface area (Å²) < 4.78 is 0. The highest BCUT2D eigenvalue weighted by Crippen LogP contribution is 2.34. The number of nitrogens with one attached hydrogen (secondary N) is 1. The van der Waals surface area contributed by atoms with E-state index in [9.17, 15) is 5.11 Å². The zero-order valence-corrected chi connectivity index (χ0v) is 14.9. The summed E-state index contributed by atoms with van der Waals surface area (Å²) in [6.07, 6.45) is 1.13. The number of benzene rings is 1. The van der Waals surface area contributed by atoms with Gasteiger partial charge in [-0.3, -0.25) is 4.90 Å². The Labute approximate surface area is 144 Å². The van der Waals surface area contributed by atoms with Gasteiger partial charge in [-0.15, -0.1) is 24.8 Å². The Morgan fingerprint density at radius 1 is 1.29 bits per heavy atom. The quantitative estimate of drug-likeness (QED) is 0.860. The highest BCUT2D eigenvalue weighted by molar-refractivity contribution is 6.32. The van der Waals surface area contributed by atoms with E-state index in [4.69, 9.17) is 11.6 Å². The molecule has 1 saturated heterocycles. The van der Waals surface area contributed by atoms with E-state index < -0.39 is 0 Å². The Balaban J connectivity index is 0.00000200. The average molecular weight is 356 g/mol. The van der Waals surface area contributed by atoms with E-state index in [0.29, 0.717) is 17.0 Å². The molecule has 21 heavy (non-hydrogen) atoms. The van der Waals surface area contributed by atoms with E-state index in [1.165, 1.54) is 5.56 Å². The van der Waals surface area contributed by atoms with Crippen LogP contribution in [-0.4, -0.2) is 36.2 Å². The van der Waals surface area contributed by atoms with Crippen molar-refractivity contribution in [1.82, 2.24) is 10.2 Å². The molecule has 2 rings (SSSR count). The molecule has 1 aromatic carbocycles. The van der Waals surface area contributed by atoms with Gasteiger partial charge in [0.25, 0.3) is 0 Å². The third kappa shape index (κ3) is 5.19. The second-order valence-electron chi connectivity index (χ2n) is 5.33. The van der Waals surface area contributed by atoms with Crippen molar-refractivity contribution in [2.75, 3.05) is 26.2 Å². The number of phenols is 1. The highest BCUT2D eigenvalue weighted by Gasteiger charge is 2.26. The van der Waals surface area contributed by atoms with Crippen molar-refractivity contribution >= 4 is 36.4 Å². The number of rotatable bonds is 4. The van der Waals surface area contributed by atoms with E-state index in [0.717, 1.165) is 32.6 Å². The Kier molecular flexibility index (Phi) is 9.66. The van der Waals surface area contributed by atoms with Crippen LogP contribution in [0.4, 0.5) is 0 Å². The van der Waals surface area contributed by atoms with E-state index in [1.54, 1.807) is 6.07 Å². The van der Waals surface area contributed by atoms with Gasteiger partial charge in [0.05, 0.1) is 5.02 Å². The molecule has 0 spiro atoms. The molecule has 1 fully saturated rings. The van der Waals surface area contributed by atoms with Crippen LogP contribution >= 0.6 is 36.4 Å². The van der Waals surface area contributed by atoms with Crippen molar-refractivity contribution in [2.24, 2.45) is 5.92 Å². The maximum atomic E-state index is 9.58. The predicted octanol–water partition coefficient (Wildman–Crippen LogP) is 3.88.